The van der Waals surface area contributed by atoms with Crippen LogP contribution in [0.15, 0.2) is 36.4 Å². The Hall–Kier alpha value is -1.56. The monoisotopic (exact) mass is 356 g/mol. The molecule has 2 aromatic rings. The van der Waals surface area contributed by atoms with E-state index in [-0.39, 0.29) is 0 Å². The molecule has 0 spiro atoms. The van der Waals surface area contributed by atoms with Gasteiger partial charge in [-0.1, -0.05) is 116 Å². The van der Waals surface area contributed by atoms with Crippen molar-refractivity contribution in [3.8, 4) is 11.1 Å². The fourth-order valence-corrected chi connectivity index (χ4v) is 3.20. The van der Waals surface area contributed by atoms with E-state index in [1.165, 1.54) is 46.2 Å². The first-order chi connectivity index (χ1) is 12.7. The van der Waals surface area contributed by atoms with Gasteiger partial charge in [0.25, 0.3) is 0 Å². The van der Waals surface area contributed by atoms with Crippen LogP contribution >= 0.6 is 0 Å². The van der Waals surface area contributed by atoms with Gasteiger partial charge in [-0.25, -0.2) is 0 Å². The van der Waals surface area contributed by atoms with Gasteiger partial charge in [-0.2, -0.15) is 0 Å². The molecule has 0 saturated heterocycles. The first-order valence-electron chi connectivity index (χ1n) is 10.9. The Morgan fingerprint density at radius 2 is 0.962 bits per heavy atom. The molecule has 1 aliphatic carbocycles. The minimum Gasteiger partial charge on any atom is -0.0683 e. The second-order valence-electron chi connectivity index (χ2n) is 5.52. The molecule has 0 atom stereocenters. The van der Waals surface area contributed by atoms with Crippen LogP contribution in [0.25, 0.3) is 11.1 Å². The van der Waals surface area contributed by atoms with E-state index in [2.05, 4.69) is 57.2 Å². The highest BCUT2D eigenvalue weighted by atomic mass is 14.3. The molecule has 26 heavy (non-hydrogen) atoms. The van der Waals surface area contributed by atoms with Crippen LogP contribution in [0.5, 0.6) is 0 Å². The van der Waals surface area contributed by atoms with E-state index in [9.17, 15) is 0 Å². The van der Waals surface area contributed by atoms with E-state index < -0.39 is 0 Å². The average molecular weight is 357 g/mol. The molecule has 2 aromatic carbocycles. The smallest absolute Gasteiger partial charge is 0.0102 e. The lowest BCUT2D eigenvalue weighted by Crippen LogP contribution is -1.96. The molecule has 0 heteroatoms. The summed E-state index contributed by atoms with van der Waals surface area (Å²) in [6.07, 6.45) is 2.50. The molecule has 0 bridgehead atoms. The topological polar surface area (TPSA) is 0 Å². The maximum absolute atomic E-state index is 2.38. The van der Waals surface area contributed by atoms with Crippen molar-refractivity contribution in [2.75, 3.05) is 0 Å². The van der Waals surface area contributed by atoms with E-state index in [0.717, 1.165) is 0 Å². The molecular formula is C26H44. The van der Waals surface area contributed by atoms with Gasteiger partial charge in [-0.15, -0.1) is 0 Å². The Morgan fingerprint density at radius 3 is 1.27 bits per heavy atom. The lowest BCUT2D eigenvalue weighted by Gasteiger charge is -2.13. The highest BCUT2D eigenvalue weighted by Gasteiger charge is 2.27. The SMILES string of the molecule is CC.CC.CC.CC.CCCC1c2cc(C)ccc2-c2ccc(C)cc21. The van der Waals surface area contributed by atoms with Crippen LogP contribution in [0.4, 0.5) is 0 Å². The largest absolute Gasteiger partial charge is 0.0683 e. The summed E-state index contributed by atoms with van der Waals surface area (Å²) in [6.45, 7) is 22.7. The molecule has 0 amide bonds. The summed E-state index contributed by atoms with van der Waals surface area (Å²) < 4.78 is 0. The van der Waals surface area contributed by atoms with Crippen molar-refractivity contribution in [2.45, 2.75) is 94.9 Å². The zero-order chi connectivity index (χ0) is 20.7. The van der Waals surface area contributed by atoms with Gasteiger partial charge in [0.05, 0.1) is 0 Å². The number of hydrogen-bond donors (Lipinski definition) is 0. The molecule has 0 heterocycles. The van der Waals surface area contributed by atoms with Crippen molar-refractivity contribution < 1.29 is 0 Å². The van der Waals surface area contributed by atoms with Crippen LogP contribution in [-0.2, 0) is 0 Å². The van der Waals surface area contributed by atoms with Gasteiger partial charge in [0.2, 0.25) is 0 Å². The highest BCUT2D eigenvalue weighted by Crippen LogP contribution is 2.47. The molecule has 0 radical (unpaired) electrons. The normalized spacial score (nSPS) is 10.3. The van der Waals surface area contributed by atoms with Gasteiger partial charge in [0.15, 0.2) is 0 Å². The fourth-order valence-electron chi connectivity index (χ4n) is 3.20. The minimum atomic E-state index is 0.611. The van der Waals surface area contributed by atoms with Gasteiger partial charge < -0.3 is 0 Å². The molecule has 0 fully saturated rings. The van der Waals surface area contributed by atoms with Gasteiger partial charge in [-0.3, -0.25) is 0 Å². The summed E-state index contributed by atoms with van der Waals surface area (Å²) in [6, 6.07) is 13.8. The average Bonchev–Trinajstić information content (AvgIpc) is 3.01. The van der Waals surface area contributed by atoms with Crippen LogP contribution in [0.1, 0.15) is 103 Å². The van der Waals surface area contributed by atoms with Crippen molar-refractivity contribution in [1.29, 1.82) is 0 Å². The van der Waals surface area contributed by atoms with E-state index in [4.69, 9.17) is 0 Å². The van der Waals surface area contributed by atoms with Crippen molar-refractivity contribution in [3.05, 3.63) is 58.7 Å². The second-order valence-corrected chi connectivity index (χ2v) is 5.52. The third-order valence-electron chi connectivity index (χ3n) is 4.03. The van der Waals surface area contributed by atoms with Gasteiger partial charge in [0, 0.05) is 5.92 Å². The molecule has 0 unspecified atom stereocenters. The number of rotatable bonds is 2. The summed E-state index contributed by atoms with van der Waals surface area (Å²) in [5, 5.41) is 0. The molecule has 148 valence electrons. The van der Waals surface area contributed by atoms with Gasteiger partial charge >= 0.3 is 0 Å². The lowest BCUT2D eigenvalue weighted by molar-refractivity contribution is 0.710. The summed E-state index contributed by atoms with van der Waals surface area (Å²) in [4.78, 5) is 0. The lowest BCUT2D eigenvalue weighted by atomic mass is 9.91. The molecule has 0 N–H and O–H groups in total. The first kappa shape index (κ1) is 26.7. The first-order valence-corrected chi connectivity index (χ1v) is 10.9. The molecule has 0 saturated carbocycles. The van der Waals surface area contributed by atoms with E-state index in [1.54, 1.807) is 0 Å². The van der Waals surface area contributed by atoms with Gasteiger partial charge in [0.1, 0.15) is 0 Å². The van der Waals surface area contributed by atoms with Crippen LogP contribution < -0.4 is 0 Å². The molecule has 0 aromatic heterocycles. The maximum Gasteiger partial charge on any atom is 0.0102 e. The zero-order valence-corrected chi connectivity index (χ0v) is 19.5. The predicted octanol–water partition coefficient (Wildman–Crippen LogP) is 9.32. The predicted molar refractivity (Wildman–Crippen MR) is 123 cm³/mol. The molecule has 1 aliphatic rings. The summed E-state index contributed by atoms with van der Waals surface area (Å²) in [7, 11) is 0. The molecule has 0 aliphatic heterocycles. The fraction of sp³-hybridized carbons (Fsp3) is 0.538. The Balaban J connectivity index is 0. The third kappa shape index (κ3) is 6.63. The number of aryl methyl sites for hydroxylation is 2. The van der Waals surface area contributed by atoms with Crippen LogP contribution in [-0.4, -0.2) is 0 Å². The van der Waals surface area contributed by atoms with Crippen LogP contribution in [0, 0.1) is 13.8 Å². The summed E-state index contributed by atoms with van der Waals surface area (Å²) in [5.74, 6) is 0.611. The van der Waals surface area contributed by atoms with Gasteiger partial charge in [-0.05, 0) is 42.5 Å². The minimum absolute atomic E-state index is 0.611. The van der Waals surface area contributed by atoms with Crippen LogP contribution in [0.2, 0.25) is 0 Å². The Morgan fingerprint density at radius 1 is 0.615 bits per heavy atom. The Labute approximate surface area is 165 Å². The summed E-state index contributed by atoms with van der Waals surface area (Å²) >= 11 is 0. The number of benzene rings is 2. The molecular weight excluding hydrogens is 312 g/mol. The van der Waals surface area contributed by atoms with Crippen LogP contribution in [0.3, 0.4) is 0 Å². The van der Waals surface area contributed by atoms with Crippen molar-refractivity contribution in [2.24, 2.45) is 0 Å². The van der Waals surface area contributed by atoms with E-state index in [1.807, 2.05) is 55.4 Å². The van der Waals surface area contributed by atoms with Crippen molar-refractivity contribution in [3.63, 3.8) is 0 Å². The molecule has 3 rings (SSSR count). The standard InChI is InChI=1S/C18H20.4C2H6/c1-4-5-14-17-10-12(2)6-8-15(17)16-9-7-13(3)11-18(14)16;4*1-2/h6-11,14H,4-5H2,1-3H3;4*1-2H3. The maximum atomic E-state index is 2.38. The van der Waals surface area contributed by atoms with Crippen molar-refractivity contribution in [1.82, 2.24) is 0 Å². The second kappa shape index (κ2) is 15.7. The highest BCUT2D eigenvalue weighted by molar-refractivity contribution is 5.79. The van der Waals surface area contributed by atoms with E-state index in [0.29, 0.717) is 5.92 Å². The van der Waals surface area contributed by atoms with E-state index >= 15 is 0 Å². The Kier molecular flexibility index (Phi) is 16.1. The molecule has 0 nitrogen and oxygen atoms in total. The quantitative estimate of drug-likeness (QED) is 0.502. The number of hydrogen-bond acceptors (Lipinski definition) is 0. The number of fused-ring (bicyclic) bond motifs is 3. The van der Waals surface area contributed by atoms with Crippen molar-refractivity contribution >= 4 is 0 Å². The Bertz CT molecular complexity index is 541. The zero-order valence-electron chi connectivity index (χ0n) is 19.5. The third-order valence-corrected chi connectivity index (χ3v) is 4.03. The summed E-state index contributed by atoms with van der Waals surface area (Å²) in [5.41, 5.74) is 8.73.